The molecule has 0 radical (unpaired) electrons. The van der Waals surface area contributed by atoms with Gasteiger partial charge in [-0.15, -0.1) is 0 Å². The van der Waals surface area contributed by atoms with E-state index in [0.29, 0.717) is 17.4 Å². The summed E-state index contributed by atoms with van der Waals surface area (Å²) in [6, 6.07) is 24.5. The van der Waals surface area contributed by atoms with Gasteiger partial charge in [-0.2, -0.15) is 0 Å². The third-order valence-electron chi connectivity index (χ3n) is 5.46. The molecule has 0 aromatic heterocycles. The standard InChI is InChI=1S/C27H30O2/c1-19(2)14-15-21-8-6-9-22(17-21)16-20(3)25-12-4-5-13-26(25)23-10-7-11-24(18-23)27(28)29/h4-13,17-20H,14-16H2,1-3H3,(H,28,29). The van der Waals surface area contributed by atoms with Crippen LogP contribution < -0.4 is 0 Å². The van der Waals surface area contributed by atoms with E-state index in [1.54, 1.807) is 12.1 Å². The van der Waals surface area contributed by atoms with E-state index in [1.165, 1.54) is 23.1 Å². The van der Waals surface area contributed by atoms with E-state index in [0.717, 1.165) is 24.0 Å². The van der Waals surface area contributed by atoms with Crippen molar-refractivity contribution in [2.75, 3.05) is 0 Å². The van der Waals surface area contributed by atoms with Crippen LogP contribution >= 0.6 is 0 Å². The quantitative estimate of drug-likeness (QED) is 0.453. The molecule has 0 saturated carbocycles. The predicted octanol–water partition coefficient (Wildman–Crippen LogP) is 6.99. The van der Waals surface area contributed by atoms with Crippen LogP contribution in [0, 0.1) is 5.92 Å². The highest BCUT2D eigenvalue weighted by molar-refractivity contribution is 5.89. The summed E-state index contributed by atoms with van der Waals surface area (Å²) in [5, 5.41) is 9.33. The molecule has 1 atom stereocenters. The number of rotatable bonds is 8. The Morgan fingerprint density at radius 2 is 1.59 bits per heavy atom. The lowest BCUT2D eigenvalue weighted by molar-refractivity contribution is 0.0697. The van der Waals surface area contributed by atoms with Crippen LogP contribution in [-0.4, -0.2) is 11.1 Å². The molecule has 1 N–H and O–H groups in total. The monoisotopic (exact) mass is 386 g/mol. The smallest absolute Gasteiger partial charge is 0.335 e. The summed E-state index contributed by atoms with van der Waals surface area (Å²) in [4.78, 5) is 11.4. The van der Waals surface area contributed by atoms with Gasteiger partial charge in [0.15, 0.2) is 0 Å². The molecule has 0 heterocycles. The maximum absolute atomic E-state index is 11.4. The van der Waals surface area contributed by atoms with Gasteiger partial charge < -0.3 is 5.11 Å². The van der Waals surface area contributed by atoms with Crippen molar-refractivity contribution in [2.24, 2.45) is 5.92 Å². The lowest BCUT2D eigenvalue weighted by Crippen LogP contribution is -2.02. The van der Waals surface area contributed by atoms with Crippen molar-refractivity contribution in [3.05, 3.63) is 95.1 Å². The maximum atomic E-state index is 11.4. The van der Waals surface area contributed by atoms with Gasteiger partial charge in [0.2, 0.25) is 0 Å². The molecule has 0 saturated heterocycles. The van der Waals surface area contributed by atoms with E-state index >= 15 is 0 Å². The molecular weight excluding hydrogens is 356 g/mol. The van der Waals surface area contributed by atoms with E-state index < -0.39 is 5.97 Å². The molecule has 0 amide bonds. The van der Waals surface area contributed by atoms with Crippen molar-refractivity contribution in [1.29, 1.82) is 0 Å². The molecule has 2 nitrogen and oxygen atoms in total. The summed E-state index contributed by atoms with van der Waals surface area (Å²) in [5.74, 6) is 0.154. The zero-order valence-electron chi connectivity index (χ0n) is 17.6. The third-order valence-corrected chi connectivity index (χ3v) is 5.46. The second-order valence-corrected chi connectivity index (χ2v) is 8.33. The van der Waals surface area contributed by atoms with Crippen LogP contribution in [0.5, 0.6) is 0 Å². The van der Waals surface area contributed by atoms with E-state index in [4.69, 9.17) is 0 Å². The Balaban J connectivity index is 1.84. The SMILES string of the molecule is CC(C)CCc1cccc(CC(C)c2ccccc2-c2cccc(C(=O)O)c2)c1. The minimum atomic E-state index is -0.893. The van der Waals surface area contributed by atoms with Crippen molar-refractivity contribution in [3.8, 4) is 11.1 Å². The van der Waals surface area contributed by atoms with Gasteiger partial charge in [0, 0.05) is 0 Å². The number of aryl methyl sites for hydroxylation is 1. The first kappa shape index (κ1) is 20.9. The number of benzene rings is 3. The molecule has 3 rings (SSSR count). The molecule has 2 heteroatoms. The van der Waals surface area contributed by atoms with Gasteiger partial charge in [0.1, 0.15) is 0 Å². The molecule has 3 aromatic rings. The topological polar surface area (TPSA) is 37.3 Å². The van der Waals surface area contributed by atoms with Crippen LogP contribution in [0.2, 0.25) is 0 Å². The highest BCUT2D eigenvalue weighted by atomic mass is 16.4. The van der Waals surface area contributed by atoms with E-state index in [9.17, 15) is 9.90 Å². The first-order valence-corrected chi connectivity index (χ1v) is 10.4. The molecule has 0 aliphatic carbocycles. The normalized spacial score (nSPS) is 12.1. The molecule has 0 spiro atoms. The van der Waals surface area contributed by atoms with Crippen molar-refractivity contribution < 1.29 is 9.90 Å². The molecule has 0 fully saturated rings. The Bertz CT molecular complexity index is 972. The zero-order chi connectivity index (χ0) is 20.8. The molecule has 3 aromatic carbocycles. The third kappa shape index (κ3) is 5.57. The van der Waals surface area contributed by atoms with Gasteiger partial charge in [-0.3, -0.25) is 0 Å². The summed E-state index contributed by atoms with van der Waals surface area (Å²) in [7, 11) is 0. The largest absolute Gasteiger partial charge is 0.478 e. The fourth-order valence-electron chi connectivity index (χ4n) is 3.84. The van der Waals surface area contributed by atoms with E-state index in [-0.39, 0.29) is 0 Å². The minimum absolute atomic E-state index is 0.322. The Morgan fingerprint density at radius 3 is 2.34 bits per heavy atom. The van der Waals surface area contributed by atoms with Crippen LogP contribution in [0.3, 0.4) is 0 Å². The van der Waals surface area contributed by atoms with Gasteiger partial charge >= 0.3 is 5.97 Å². The van der Waals surface area contributed by atoms with Gasteiger partial charge in [-0.05, 0) is 71.0 Å². The number of aromatic carboxylic acids is 1. The average Bonchev–Trinajstić information content (AvgIpc) is 2.72. The summed E-state index contributed by atoms with van der Waals surface area (Å²) >= 11 is 0. The second-order valence-electron chi connectivity index (χ2n) is 8.33. The van der Waals surface area contributed by atoms with Crippen LogP contribution in [-0.2, 0) is 12.8 Å². The Kier molecular flexibility index (Phi) is 6.87. The maximum Gasteiger partial charge on any atom is 0.335 e. The lowest BCUT2D eigenvalue weighted by atomic mass is 9.87. The molecule has 29 heavy (non-hydrogen) atoms. The lowest BCUT2D eigenvalue weighted by Gasteiger charge is -2.18. The summed E-state index contributed by atoms with van der Waals surface area (Å²) in [5.41, 5.74) is 6.40. The van der Waals surface area contributed by atoms with Crippen molar-refractivity contribution >= 4 is 5.97 Å². The molecule has 0 bridgehead atoms. The Labute approximate surface area is 174 Å². The molecule has 1 unspecified atom stereocenters. The van der Waals surface area contributed by atoms with Gasteiger partial charge in [-0.1, -0.05) is 81.4 Å². The van der Waals surface area contributed by atoms with Gasteiger partial charge in [0.05, 0.1) is 5.56 Å². The van der Waals surface area contributed by atoms with E-state index in [1.807, 2.05) is 18.2 Å². The van der Waals surface area contributed by atoms with Crippen molar-refractivity contribution in [2.45, 2.75) is 46.0 Å². The van der Waals surface area contributed by atoms with Crippen molar-refractivity contribution in [3.63, 3.8) is 0 Å². The summed E-state index contributed by atoms with van der Waals surface area (Å²) in [6.45, 7) is 6.78. The first-order chi connectivity index (χ1) is 13.9. The van der Waals surface area contributed by atoms with E-state index in [2.05, 4.69) is 63.2 Å². The number of hydrogen-bond donors (Lipinski definition) is 1. The number of carboxylic acid groups (broad SMARTS) is 1. The van der Waals surface area contributed by atoms with Crippen molar-refractivity contribution in [1.82, 2.24) is 0 Å². The van der Waals surface area contributed by atoms with Gasteiger partial charge in [0.25, 0.3) is 0 Å². The highest BCUT2D eigenvalue weighted by Gasteiger charge is 2.14. The van der Waals surface area contributed by atoms with Crippen LogP contribution in [0.4, 0.5) is 0 Å². The average molecular weight is 387 g/mol. The van der Waals surface area contributed by atoms with Crippen LogP contribution in [0.25, 0.3) is 11.1 Å². The summed E-state index contributed by atoms with van der Waals surface area (Å²) in [6.07, 6.45) is 3.30. The number of carbonyl (C=O) groups is 1. The number of carboxylic acids is 1. The fraction of sp³-hybridized carbons (Fsp3) is 0.296. The summed E-state index contributed by atoms with van der Waals surface area (Å²) < 4.78 is 0. The fourth-order valence-corrected chi connectivity index (χ4v) is 3.84. The Morgan fingerprint density at radius 1 is 0.862 bits per heavy atom. The number of hydrogen-bond acceptors (Lipinski definition) is 1. The Hall–Kier alpha value is -2.87. The molecular formula is C27H30O2. The molecule has 0 aliphatic rings. The van der Waals surface area contributed by atoms with Crippen LogP contribution in [0.15, 0.2) is 72.8 Å². The second kappa shape index (κ2) is 9.56. The highest BCUT2D eigenvalue weighted by Crippen LogP contribution is 2.32. The predicted molar refractivity (Wildman–Crippen MR) is 121 cm³/mol. The first-order valence-electron chi connectivity index (χ1n) is 10.4. The zero-order valence-corrected chi connectivity index (χ0v) is 17.6. The minimum Gasteiger partial charge on any atom is -0.478 e. The van der Waals surface area contributed by atoms with Gasteiger partial charge in [-0.25, -0.2) is 4.79 Å². The van der Waals surface area contributed by atoms with Crippen LogP contribution in [0.1, 0.15) is 60.2 Å². The molecule has 0 aliphatic heterocycles. The molecule has 150 valence electrons.